The van der Waals surface area contributed by atoms with Crippen LogP contribution in [0.4, 0.5) is 0 Å². The smallest absolute Gasteiger partial charge is 0.161 e. The Bertz CT molecular complexity index is 702. The lowest BCUT2D eigenvalue weighted by molar-refractivity contribution is 0.385. The Morgan fingerprint density at radius 1 is 1.12 bits per heavy atom. The van der Waals surface area contributed by atoms with Crippen LogP contribution in [-0.2, 0) is 0 Å². The zero-order valence-electron chi connectivity index (χ0n) is 14.8. The molecule has 0 aliphatic carbocycles. The second kappa shape index (κ2) is 9.39. The van der Waals surface area contributed by atoms with Crippen LogP contribution in [0.25, 0.3) is 6.08 Å². The number of hydrogen-bond acceptors (Lipinski definition) is 5. The van der Waals surface area contributed by atoms with Crippen molar-refractivity contribution in [1.82, 2.24) is 4.90 Å². The third-order valence-electron chi connectivity index (χ3n) is 3.74. The van der Waals surface area contributed by atoms with E-state index in [2.05, 4.69) is 37.2 Å². The number of hydrogen-bond donors (Lipinski definition) is 2. The minimum atomic E-state index is -0.186. The van der Waals surface area contributed by atoms with Crippen molar-refractivity contribution in [3.8, 4) is 17.2 Å². The van der Waals surface area contributed by atoms with Gasteiger partial charge < -0.3 is 19.8 Å². The number of methoxy groups -OCH3 is 1. The first-order chi connectivity index (χ1) is 12.0. The number of phenols is 2. The number of ether oxygens (including phenoxy) is 1. The van der Waals surface area contributed by atoms with E-state index < -0.39 is 0 Å². The summed E-state index contributed by atoms with van der Waals surface area (Å²) in [6.07, 6.45) is 4.03. The molecule has 2 N–H and O–H groups in total. The van der Waals surface area contributed by atoms with Crippen molar-refractivity contribution < 1.29 is 14.9 Å². The van der Waals surface area contributed by atoms with Gasteiger partial charge in [-0.3, -0.25) is 0 Å². The lowest BCUT2D eigenvalue weighted by atomic mass is 10.1. The summed E-state index contributed by atoms with van der Waals surface area (Å²) >= 11 is 1.86. The van der Waals surface area contributed by atoms with Crippen molar-refractivity contribution >= 4 is 17.8 Å². The van der Waals surface area contributed by atoms with Gasteiger partial charge in [0.1, 0.15) is 5.75 Å². The van der Waals surface area contributed by atoms with Crippen molar-refractivity contribution in [2.75, 3.05) is 33.5 Å². The van der Waals surface area contributed by atoms with Crippen molar-refractivity contribution in [2.24, 2.45) is 0 Å². The van der Waals surface area contributed by atoms with Crippen LogP contribution in [0, 0.1) is 0 Å². The van der Waals surface area contributed by atoms with Gasteiger partial charge in [0.25, 0.3) is 0 Å². The fourth-order valence-corrected chi connectivity index (χ4v) is 3.60. The molecule has 0 aliphatic heterocycles. The van der Waals surface area contributed by atoms with Gasteiger partial charge in [-0.25, -0.2) is 0 Å². The second-order valence-corrected chi connectivity index (χ2v) is 7.20. The normalized spacial score (nSPS) is 12.6. The van der Waals surface area contributed by atoms with Crippen molar-refractivity contribution in [3.63, 3.8) is 0 Å². The maximum atomic E-state index is 9.75. The van der Waals surface area contributed by atoms with Crippen LogP contribution in [0.15, 0.2) is 48.5 Å². The Labute approximate surface area is 153 Å². The molecule has 25 heavy (non-hydrogen) atoms. The molecule has 134 valence electrons. The van der Waals surface area contributed by atoms with Gasteiger partial charge in [0, 0.05) is 29.2 Å². The van der Waals surface area contributed by atoms with Gasteiger partial charge in [-0.2, -0.15) is 0 Å². The monoisotopic (exact) mass is 359 g/mol. The maximum absolute atomic E-state index is 9.75. The predicted molar refractivity (Wildman–Crippen MR) is 106 cm³/mol. The van der Waals surface area contributed by atoms with Crippen LogP contribution in [0.3, 0.4) is 0 Å². The van der Waals surface area contributed by atoms with Gasteiger partial charge in [0.2, 0.25) is 0 Å². The Morgan fingerprint density at radius 2 is 1.80 bits per heavy atom. The van der Waals surface area contributed by atoms with E-state index >= 15 is 0 Å². The SMILES string of the molecule is COc1cc(O)c(O)cc1/C=C/C(SCCN(C)C)c1ccccc1. The lowest BCUT2D eigenvalue weighted by Gasteiger charge is -2.16. The number of aromatic hydroxyl groups is 2. The molecule has 4 nitrogen and oxygen atoms in total. The Kier molecular flexibility index (Phi) is 7.22. The molecule has 0 aliphatic rings. The molecular weight excluding hydrogens is 334 g/mol. The van der Waals surface area contributed by atoms with Gasteiger partial charge in [-0.1, -0.05) is 42.5 Å². The molecule has 2 aromatic rings. The minimum Gasteiger partial charge on any atom is -0.504 e. The molecule has 0 spiro atoms. The molecule has 5 heteroatoms. The van der Waals surface area contributed by atoms with E-state index in [0.29, 0.717) is 5.75 Å². The summed E-state index contributed by atoms with van der Waals surface area (Å²) in [6.45, 7) is 1.01. The van der Waals surface area contributed by atoms with E-state index in [9.17, 15) is 10.2 Å². The van der Waals surface area contributed by atoms with Gasteiger partial charge in [0.15, 0.2) is 11.5 Å². The molecule has 0 radical (unpaired) electrons. The van der Waals surface area contributed by atoms with Crippen LogP contribution >= 0.6 is 11.8 Å². The Balaban J connectivity index is 2.23. The predicted octanol–water partition coefficient (Wildman–Crippen LogP) is 4.16. The average molecular weight is 359 g/mol. The average Bonchev–Trinajstić information content (AvgIpc) is 2.60. The fraction of sp³-hybridized carbons (Fsp3) is 0.300. The minimum absolute atomic E-state index is 0.156. The molecule has 0 saturated carbocycles. The summed E-state index contributed by atoms with van der Waals surface area (Å²) in [4.78, 5) is 2.17. The summed E-state index contributed by atoms with van der Waals surface area (Å²) in [5, 5.41) is 19.6. The first-order valence-electron chi connectivity index (χ1n) is 8.10. The molecule has 0 saturated heterocycles. The topological polar surface area (TPSA) is 52.9 Å². The quantitative estimate of drug-likeness (QED) is 0.693. The maximum Gasteiger partial charge on any atom is 0.161 e. The third-order valence-corrected chi connectivity index (χ3v) is 4.95. The largest absolute Gasteiger partial charge is 0.504 e. The number of benzene rings is 2. The van der Waals surface area contributed by atoms with Crippen LogP contribution < -0.4 is 4.74 Å². The molecule has 0 aromatic heterocycles. The molecule has 1 unspecified atom stereocenters. The highest BCUT2D eigenvalue weighted by Gasteiger charge is 2.11. The molecule has 0 amide bonds. The summed E-state index contributed by atoms with van der Waals surface area (Å²) in [5.74, 6) is 1.19. The molecule has 2 rings (SSSR count). The van der Waals surface area contributed by atoms with E-state index in [1.165, 1.54) is 17.7 Å². The van der Waals surface area contributed by atoms with E-state index in [-0.39, 0.29) is 16.7 Å². The summed E-state index contributed by atoms with van der Waals surface area (Å²) < 4.78 is 5.30. The summed E-state index contributed by atoms with van der Waals surface area (Å²) in [7, 11) is 5.68. The number of phenolic OH excluding ortho intramolecular Hbond substituents is 2. The Morgan fingerprint density at radius 3 is 2.44 bits per heavy atom. The molecular formula is C20H25NO3S. The van der Waals surface area contributed by atoms with Crippen molar-refractivity contribution in [2.45, 2.75) is 5.25 Å². The number of thioether (sulfide) groups is 1. The highest BCUT2D eigenvalue weighted by Crippen LogP contribution is 2.36. The number of rotatable bonds is 8. The lowest BCUT2D eigenvalue weighted by Crippen LogP contribution is -2.15. The zero-order chi connectivity index (χ0) is 18.2. The van der Waals surface area contributed by atoms with Gasteiger partial charge in [-0.05, 0) is 25.7 Å². The second-order valence-electron chi connectivity index (χ2n) is 5.95. The van der Waals surface area contributed by atoms with Crippen LogP contribution in [0.1, 0.15) is 16.4 Å². The molecule has 0 bridgehead atoms. The highest BCUT2D eigenvalue weighted by atomic mass is 32.2. The zero-order valence-corrected chi connectivity index (χ0v) is 15.7. The van der Waals surface area contributed by atoms with Gasteiger partial charge >= 0.3 is 0 Å². The van der Waals surface area contributed by atoms with Gasteiger partial charge in [0.05, 0.1) is 7.11 Å². The standard InChI is InChI=1S/C20H25NO3S/c1-21(2)11-12-25-20(15-7-5-4-6-8-15)10-9-16-13-17(22)18(23)14-19(16)24-3/h4-10,13-14,20,22-23H,11-12H2,1-3H3/b10-9+. The first-order valence-corrected chi connectivity index (χ1v) is 9.15. The number of nitrogens with zero attached hydrogens (tertiary/aromatic N) is 1. The molecule has 0 fully saturated rings. The van der Waals surface area contributed by atoms with Crippen LogP contribution in [-0.4, -0.2) is 48.6 Å². The van der Waals surface area contributed by atoms with Gasteiger partial charge in [-0.15, -0.1) is 11.8 Å². The highest BCUT2D eigenvalue weighted by molar-refractivity contribution is 7.99. The summed E-state index contributed by atoms with van der Waals surface area (Å²) in [6, 6.07) is 13.2. The Hall–Kier alpha value is -2.11. The van der Waals surface area contributed by atoms with E-state index in [0.717, 1.165) is 17.9 Å². The molecule has 2 aromatic carbocycles. The van der Waals surface area contributed by atoms with Crippen LogP contribution in [0.5, 0.6) is 17.2 Å². The van der Waals surface area contributed by atoms with Crippen LogP contribution in [0.2, 0.25) is 0 Å². The van der Waals surface area contributed by atoms with Crippen molar-refractivity contribution in [1.29, 1.82) is 0 Å². The molecule has 1 atom stereocenters. The third kappa shape index (κ3) is 5.73. The van der Waals surface area contributed by atoms with Crippen molar-refractivity contribution in [3.05, 3.63) is 59.7 Å². The fourth-order valence-electron chi connectivity index (χ4n) is 2.34. The van der Waals surface area contributed by atoms with E-state index in [1.54, 1.807) is 7.11 Å². The first kappa shape index (κ1) is 19.2. The summed E-state index contributed by atoms with van der Waals surface area (Å²) in [5.41, 5.74) is 1.96. The molecule has 0 heterocycles. The van der Waals surface area contributed by atoms with E-state index in [1.807, 2.05) is 36.0 Å². The van der Waals surface area contributed by atoms with E-state index in [4.69, 9.17) is 4.74 Å².